The zero-order chi connectivity index (χ0) is 21.3. The summed E-state index contributed by atoms with van der Waals surface area (Å²) in [5.74, 6) is -2.96. The highest BCUT2D eigenvalue weighted by atomic mass is 32.1. The van der Waals surface area contributed by atoms with E-state index in [1.54, 1.807) is 0 Å². The topological polar surface area (TPSA) is 186 Å². The van der Waals surface area contributed by atoms with Crippen molar-refractivity contribution in [2.24, 2.45) is 11.5 Å². The molecular weight excluding hydrogens is 376 g/mol. The lowest BCUT2D eigenvalue weighted by atomic mass is 10.2. The Morgan fingerprint density at radius 2 is 1.00 bits per heavy atom. The number of primary amides is 1. The second-order valence-corrected chi connectivity index (χ2v) is 6.48. The summed E-state index contributed by atoms with van der Waals surface area (Å²) in [6.07, 6.45) is 0. The molecule has 0 aliphatic carbocycles. The first-order valence-electron chi connectivity index (χ1n) is 8.27. The number of thiol groups is 1. The Labute approximate surface area is 163 Å². The summed E-state index contributed by atoms with van der Waals surface area (Å²) >= 11 is 3.89. The summed E-state index contributed by atoms with van der Waals surface area (Å²) in [4.78, 5) is 58.6. The third kappa shape index (κ3) is 8.73. The lowest BCUT2D eigenvalue weighted by Gasteiger charge is -2.21. The van der Waals surface area contributed by atoms with Crippen LogP contribution in [0.2, 0.25) is 0 Å². The maximum atomic E-state index is 12.1. The van der Waals surface area contributed by atoms with Crippen LogP contribution in [0, 0.1) is 0 Å². The van der Waals surface area contributed by atoms with Crippen molar-refractivity contribution in [2.75, 3.05) is 5.75 Å². The molecule has 0 aliphatic rings. The molecule has 0 bridgehead atoms. The molecule has 154 valence electrons. The summed E-state index contributed by atoms with van der Waals surface area (Å²) in [6, 6.07) is -4.59. The minimum Gasteiger partial charge on any atom is -0.368 e. The molecule has 0 rings (SSSR count). The van der Waals surface area contributed by atoms with Gasteiger partial charge in [-0.15, -0.1) is 0 Å². The molecule has 0 fully saturated rings. The van der Waals surface area contributed by atoms with E-state index in [-0.39, 0.29) is 5.75 Å². The van der Waals surface area contributed by atoms with Gasteiger partial charge in [-0.2, -0.15) is 12.6 Å². The molecule has 0 saturated carbocycles. The zero-order valence-corrected chi connectivity index (χ0v) is 16.6. The van der Waals surface area contributed by atoms with Gasteiger partial charge in [0.05, 0.1) is 6.04 Å². The molecule has 11 nitrogen and oxygen atoms in total. The number of rotatable bonds is 10. The second kappa shape index (κ2) is 11.4. The predicted molar refractivity (Wildman–Crippen MR) is 101 cm³/mol. The fourth-order valence-electron chi connectivity index (χ4n) is 1.69. The van der Waals surface area contributed by atoms with Gasteiger partial charge in [-0.1, -0.05) is 0 Å². The van der Waals surface area contributed by atoms with Crippen LogP contribution in [0.25, 0.3) is 0 Å². The van der Waals surface area contributed by atoms with Crippen LogP contribution in [0.1, 0.15) is 27.7 Å². The van der Waals surface area contributed by atoms with E-state index in [0.29, 0.717) is 0 Å². The van der Waals surface area contributed by atoms with E-state index in [1.165, 1.54) is 27.7 Å². The van der Waals surface area contributed by atoms with Crippen LogP contribution >= 0.6 is 12.6 Å². The molecule has 0 aliphatic heterocycles. The average molecular weight is 404 g/mol. The number of nitrogens with two attached hydrogens (primary N) is 2. The van der Waals surface area contributed by atoms with Crippen LogP contribution < -0.4 is 32.7 Å². The normalized spacial score (nSPS) is 16.1. The Balaban J connectivity index is 4.55. The van der Waals surface area contributed by atoms with Crippen molar-refractivity contribution >= 4 is 42.2 Å². The van der Waals surface area contributed by atoms with Gasteiger partial charge in [0.1, 0.15) is 24.2 Å². The molecule has 5 amide bonds. The van der Waals surface area contributed by atoms with Gasteiger partial charge in [0, 0.05) is 5.75 Å². The number of nitrogens with one attached hydrogen (secondary N) is 4. The van der Waals surface area contributed by atoms with Gasteiger partial charge >= 0.3 is 0 Å². The molecule has 0 aromatic heterocycles. The monoisotopic (exact) mass is 404 g/mol. The zero-order valence-electron chi connectivity index (χ0n) is 15.7. The van der Waals surface area contributed by atoms with Crippen molar-refractivity contribution in [2.45, 2.75) is 57.9 Å². The van der Waals surface area contributed by atoms with E-state index in [1.807, 2.05) is 0 Å². The highest BCUT2D eigenvalue weighted by molar-refractivity contribution is 7.80. The van der Waals surface area contributed by atoms with E-state index in [9.17, 15) is 24.0 Å². The number of hydrogen-bond acceptors (Lipinski definition) is 7. The second-order valence-electron chi connectivity index (χ2n) is 6.11. The summed E-state index contributed by atoms with van der Waals surface area (Å²) in [6.45, 7) is 5.67. The van der Waals surface area contributed by atoms with Crippen molar-refractivity contribution in [3.63, 3.8) is 0 Å². The summed E-state index contributed by atoms with van der Waals surface area (Å²) < 4.78 is 0. The first-order chi connectivity index (χ1) is 12.4. The molecule has 0 saturated heterocycles. The first kappa shape index (κ1) is 24.7. The Bertz CT molecular complexity index is 587. The SMILES string of the molecule is C[C@H](NC(=O)[C@H](C)NC(=O)[C@H](C)NC(=O)[C@H](C)NC(=O)[C@@H](N)CS)C(N)=O. The minimum absolute atomic E-state index is 0.118. The third-order valence-corrected chi connectivity index (χ3v) is 3.97. The van der Waals surface area contributed by atoms with Gasteiger partial charge in [0.2, 0.25) is 29.5 Å². The molecule has 12 heteroatoms. The summed E-state index contributed by atoms with van der Waals surface area (Å²) in [5.41, 5.74) is 10.5. The van der Waals surface area contributed by atoms with Gasteiger partial charge in [-0.25, -0.2) is 0 Å². The van der Waals surface area contributed by atoms with Crippen LogP contribution in [0.15, 0.2) is 0 Å². The quantitative estimate of drug-likeness (QED) is 0.187. The van der Waals surface area contributed by atoms with E-state index >= 15 is 0 Å². The number of hydrogen-bond donors (Lipinski definition) is 7. The molecular formula is C15H28N6O5S. The predicted octanol–water partition coefficient (Wildman–Crippen LogP) is -3.25. The Morgan fingerprint density at radius 3 is 1.30 bits per heavy atom. The maximum absolute atomic E-state index is 12.1. The molecule has 27 heavy (non-hydrogen) atoms. The molecule has 8 N–H and O–H groups in total. The van der Waals surface area contributed by atoms with Crippen molar-refractivity contribution in [3.05, 3.63) is 0 Å². The molecule has 0 aromatic rings. The summed E-state index contributed by atoms with van der Waals surface area (Å²) in [7, 11) is 0. The van der Waals surface area contributed by atoms with Gasteiger partial charge in [0.15, 0.2) is 0 Å². The molecule has 5 atom stereocenters. The van der Waals surface area contributed by atoms with E-state index in [2.05, 4.69) is 33.9 Å². The number of amides is 5. The van der Waals surface area contributed by atoms with Crippen molar-refractivity contribution < 1.29 is 24.0 Å². The van der Waals surface area contributed by atoms with Crippen LogP contribution in [0.4, 0.5) is 0 Å². The maximum Gasteiger partial charge on any atom is 0.242 e. The Morgan fingerprint density at radius 1 is 0.704 bits per heavy atom. The fraction of sp³-hybridized carbons (Fsp3) is 0.667. The smallest absolute Gasteiger partial charge is 0.242 e. The van der Waals surface area contributed by atoms with Gasteiger partial charge in [-0.05, 0) is 27.7 Å². The van der Waals surface area contributed by atoms with Gasteiger partial charge in [-0.3, -0.25) is 24.0 Å². The van der Waals surface area contributed by atoms with E-state index in [0.717, 1.165) is 0 Å². The molecule has 0 unspecified atom stereocenters. The van der Waals surface area contributed by atoms with E-state index < -0.39 is 59.7 Å². The Kier molecular flexibility index (Phi) is 10.4. The first-order valence-corrected chi connectivity index (χ1v) is 8.91. The average Bonchev–Trinajstić information content (AvgIpc) is 2.59. The Hall–Kier alpha value is -2.34. The van der Waals surface area contributed by atoms with Crippen molar-refractivity contribution in [1.82, 2.24) is 21.3 Å². The standard InChI is InChI=1S/C15H28N6O5S/c1-6(11(17)22)18-12(23)7(2)19-13(24)8(3)20-14(25)9(4)21-15(26)10(16)5-27/h6-10,27H,5,16H2,1-4H3,(H2,17,22)(H,18,23)(H,19,24)(H,20,25)(H,21,26)/t6-,7-,8-,9-,10-/m0/s1. The molecule has 0 spiro atoms. The minimum atomic E-state index is -0.973. The lowest BCUT2D eigenvalue weighted by Crippen LogP contribution is -2.56. The van der Waals surface area contributed by atoms with Gasteiger partial charge < -0.3 is 32.7 Å². The van der Waals surface area contributed by atoms with Crippen LogP contribution in [0.5, 0.6) is 0 Å². The molecule has 0 aromatic carbocycles. The number of carbonyl (C=O) groups is 5. The summed E-state index contributed by atoms with van der Waals surface area (Å²) in [5, 5.41) is 9.55. The highest BCUT2D eigenvalue weighted by Crippen LogP contribution is 1.93. The van der Waals surface area contributed by atoms with Crippen LogP contribution in [-0.2, 0) is 24.0 Å². The van der Waals surface area contributed by atoms with Crippen LogP contribution in [-0.4, -0.2) is 65.5 Å². The van der Waals surface area contributed by atoms with Crippen molar-refractivity contribution in [1.29, 1.82) is 0 Å². The number of carbonyl (C=O) groups excluding carboxylic acids is 5. The molecule has 0 radical (unpaired) electrons. The van der Waals surface area contributed by atoms with Gasteiger partial charge in [0.25, 0.3) is 0 Å². The van der Waals surface area contributed by atoms with E-state index in [4.69, 9.17) is 11.5 Å². The van der Waals surface area contributed by atoms with Crippen LogP contribution in [0.3, 0.4) is 0 Å². The molecule has 0 heterocycles. The van der Waals surface area contributed by atoms with Crippen molar-refractivity contribution in [3.8, 4) is 0 Å². The fourth-order valence-corrected chi connectivity index (χ4v) is 1.85. The largest absolute Gasteiger partial charge is 0.368 e. The highest BCUT2D eigenvalue weighted by Gasteiger charge is 2.25. The lowest BCUT2D eigenvalue weighted by molar-refractivity contribution is -0.133. The third-order valence-electron chi connectivity index (χ3n) is 3.58.